The lowest BCUT2D eigenvalue weighted by atomic mass is 10.1. The van der Waals surface area contributed by atoms with Crippen molar-refractivity contribution < 1.29 is 9.21 Å². The highest BCUT2D eigenvalue weighted by molar-refractivity contribution is 7.11. The molecule has 0 bridgehead atoms. The molecule has 0 aliphatic heterocycles. The number of aromatic nitrogens is 1. The van der Waals surface area contributed by atoms with E-state index in [2.05, 4.69) is 15.6 Å². The molecule has 0 aliphatic carbocycles. The lowest BCUT2D eigenvalue weighted by molar-refractivity contribution is 0.226. The van der Waals surface area contributed by atoms with Crippen molar-refractivity contribution in [1.29, 1.82) is 0 Å². The van der Waals surface area contributed by atoms with Crippen molar-refractivity contribution in [3.8, 4) is 0 Å². The average Bonchev–Trinajstić information content (AvgIpc) is 2.99. The van der Waals surface area contributed by atoms with Gasteiger partial charge in [-0.1, -0.05) is 0 Å². The number of aryl methyl sites for hydroxylation is 1. The Labute approximate surface area is 128 Å². The molecule has 2 heterocycles. The van der Waals surface area contributed by atoms with Crippen LogP contribution in [0.1, 0.15) is 36.4 Å². The molecule has 0 spiro atoms. The van der Waals surface area contributed by atoms with Crippen LogP contribution in [0.3, 0.4) is 0 Å². The first-order valence-electron chi connectivity index (χ1n) is 6.91. The van der Waals surface area contributed by atoms with E-state index in [4.69, 9.17) is 4.42 Å². The Morgan fingerprint density at radius 1 is 1.52 bits per heavy atom. The highest BCUT2D eigenvalue weighted by atomic mass is 32.1. The fraction of sp³-hybridized carbons (Fsp3) is 0.467. The van der Waals surface area contributed by atoms with Gasteiger partial charge in [0.1, 0.15) is 10.8 Å². The van der Waals surface area contributed by atoms with Gasteiger partial charge in [0.25, 0.3) is 0 Å². The topological polar surface area (TPSA) is 67.2 Å². The predicted octanol–water partition coefficient (Wildman–Crippen LogP) is 3.21. The Morgan fingerprint density at radius 2 is 2.29 bits per heavy atom. The summed E-state index contributed by atoms with van der Waals surface area (Å²) in [4.78, 5) is 17.6. The Hall–Kier alpha value is -1.82. The van der Waals surface area contributed by atoms with Crippen LogP contribution >= 0.6 is 11.3 Å². The van der Waals surface area contributed by atoms with E-state index in [0.29, 0.717) is 6.42 Å². The third-order valence-electron chi connectivity index (χ3n) is 3.05. The lowest BCUT2D eigenvalue weighted by Gasteiger charge is -2.25. The highest BCUT2D eigenvalue weighted by Gasteiger charge is 2.26. The number of urea groups is 1. The minimum absolute atomic E-state index is 0.00928. The monoisotopic (exact) mass is 307 g/mol. The number of carbonyl (C=O) groups excluding carboxylic acids is 1. The third-order valence-corrected chi connectivity index (χ3v) is 4.28. The summed E-state index contributed by atoms with van der Waals surface area (Å²) in [6, 6.07) is 3.53. The lowest BCUT2D eigenvalue weighted by Crippen LogP contribution is -2.49. The molecule has 0 aliphatic rings. The number of hydrogen-bond acceptors (Lipinski definition) is 4. The summed E-state index contributed by atoms with van der Waals surface area (Å²) >= 11 is 1.59. The van der Waals surface area contributed by atoms with Crippen LogP contribution < -0.4 is 10.6 Å². The molecular formula is C15H21N3O2S. The predicted molar refractivity (Wildman–Crippen MR) is 83.4 cm³/mol. The summed E-state index contributed by atoms with van der Waals surface area (Å²) < 4.78 is 5.28. The summed E-state index contributed by atoms with van der Waals surface area (Å²) in [5.74, 6) is 0.859. The van der Waals surface area contributed by atoms with E-state index < -0.39 is 5.54 Å². The number of nitrogens with zero attached hydrogens (tertiary/aromatic N) is 1. The zero-order valence-electron chi connectivity index (χ0n) is 12.8. The SMILES string of the molecule is Cc1cnc(C(C)(C)NC(=O)N[C@@H](C)Cc2ccco2)s1. The van der Waals surface area contributed by atoms with Crippen LogP contribution in [0.25, 0.3) is 0 Å². The maximum Gasteiger partial charge on any atom is 0.315 e. The molecule has 5 nitrogen and oxygen atoms in total. The molecule has 0 radical (unpaired) electrons. The maximum absolute atomic E-state index is 12.1. The van der Waals surface area contributed by atoms with Gasteiger partial charge in [0.2, 0.25) is 0 Å². The number of nitrogens with one attached hydrogen (secondary N) is 2. The van der Waals surface area contributed by atoms with Crippen LogP contribution in [-0.2, 0) is 12.0 Å². The van der Waals surface area contributed by atoms with Gasteiger partial charge in [-0.2, -0.15) is 0 Å². The molecule has 114 valence electrons. The average molecular weight is 307 g/mol. The van der Waals surface area contributed by atoms with E-state index in [1.165, 1.54) is 0 Å². The molecule has 2 aromatic rings. The van der Waals surface area contributed by atoms with Gasteiger partial charge in [0.15, 0.2) is 0 Å². The molecule has 2 aromatic heterocycles. The summed E-state index contributed by atoms with van der Waals surface area (Å²) in [6.07, 6.45) is 4.12. The first-order chi connectivity index (χ1) is 9.87. The summed E-state index contributed by atoms with van der Waals surface area (Å²) in [7, 11) is 0. The Balaban J connectivity index is 1.88. The van der Waals surface area contributed by atoms with E-state index in [1.54, 1.807) is 17.6 Å². The second kappa shape index (κ2) is 6.30. The van der Waals surface area contributed by atoms with Crippen LogP contribution in [0.5, 0.6) is 0 Å². The summed E-state index contributed by atoms with van der Waals surface area (Å²) in [6.45, 7) is 7.84. The number of hydrogen-bond donors (Lipinski definition) is 2. The van der Waals surface area contributed by atoms with Crippen molar-refractivity contribution in [3.63, 3.8) is 0 Å². The Morgan fingerprint density at radius 3 is 2.86 bits per heavy atom. The Kier molecular flexibility index (Phi) is 4.67. The van der Waals surface area contributed by atoms with Crippen molar-refractivity contribution in [3.05, 3.63) is 40.2 Å². The summed E-state index contributed by atoms with van der Waals surface area (Å²) in [5.41, 5.74) is -0.493. The molecule has 1 atom stereocenters. The molecule has 0 unspecified atom stereocenters. The number of thiazole rings is 1. The van der Waals surface area contributed by atoms with Crippen molar-refractivity contribution in [2.45, 2.75) is 45.7 Å². The molecule has 2 amide bonds. The molecule has 0 saturated carbocycles. The van der Waals surface area contributed by atoms with Gasteiger partial charge >= 0.3 is 6.03 Å². The third kappa shape index (κ3) is 4.32. The van der Waals surface area contributed by atoms with E-state index in [9.17, 15) is 4.79 Å². The minimum Gasteiger partial charge on any atom is -0.469 e. The molecular weight excluding hydrogens is 286 g/mol. The molecule has 0 aromatic carbocycles. The normalized spacial score (nSPS) is 13.0. The number of amides is 2. The van der Waals surface area contributed by atoms with Gasteiger partial charge in [0, 0.05) is 23.5 Å². The molecule has 0 fully saturated rings. The first-order valence-corrected chi connectivity index (χ1v) is 7.72. The minimum atomic E-state index is -0.493. The smallest absolute Gasteiger partial charge is 0.315 e. The largest absolute Gasteiger partial charge is 0.469 e. The molecule has 2 N–H and O–H groups in total. The molecule has 21 heavy (non-hydrogen) atoms. The number of rotatable bonds is 5. The fourth-order valence-electron chi connectivity index (χ4n) is 2.02. The number of furan rings is 1. The van der Waals surface area contributed by atoms with Gasteiger partial charge in [-0.3, -0.25) is 0 Å². The van der Waals surface area contributed by atoms with E-state index in [0.717, 1.165) is 15.6 Å². The fourth-order valence-corrected chi connectivity index (χ4v) is 2.84. The van der Waals surface area contributed by atoms with Crippen LogP contribution in [0, 0.1) is 6.92 Å². The van der Waals surface area contributed by atoms with Gasteiger partial charge in [-0.05, 0) is 39.8 Å². The zero-order valence-corrected chi connectivity index (χ0v) is 13.6. The van der Waals surface area contributed by atoms with Gasteiger partial charge in [0.05, 0.1) is 11.8 Å². The summed E-state index contributed by atoms with van der Waals surface area (Å²) in [5, 5.41) is 6.78. The van der Waals surface area contributed by atoms with Crippen LogP contribution in [-0.4, -0.2) is 17.1 Å². The first kappa shape index (κ1) is 15.6. The second-order valence-corrected chi connectivity index (χ2v) is 6.92. The molecule has 6 heteroatoms. The second-order valence-electron chi connectivity index (χ2n) is 5.68. The van der Waals surface area contributed by atoms with Crippen molar-refractivity contribution in [2.75, 3.05) is 0 Å². The van der Waals surface area contributed by atoms with Gasteiger partial charge < -0.3 is 15.1 Å². The maximum atomic E-state index is 12.1. The van der Waals surface area contributed by atoms with Crippen molar-refractivity contribution in [1.82, 2.24) is 15.6 Å². The van der Waals surface area contributed by atoms with Crippen LogP contribution in [0.2, 0.25) is 0 Å². The Bertz CT molecular complexity index is 590. The number of carbonyl (C=O) groups is 1. The van der Waals surface area contributed by atoms with Gasteiger partial charge in [-0.15, -0.1) is 11.3 Å². The van der Waals surface area contributed by atoms with Gasteiger partial charge in [-0.25, -0.2) is 9.78 Å². The van der Waals surface area contributed by atoms with Crippen molar-refractivity contribution >= 4 is 17.4 Å². The van der Waals surface area contributed by atoms with Crippen LogP contribution in [0.4, 0.5) is 4.79 Å². The highest BCUT2D eigenvalue weighted by Crippen LogP contribution is 2.24. The van der Waals surface area contributed by atoms with E-state index >= 15 is 0 Å². The van der Waals surface area contributed by atoms with Crippen molar-refractivity contribution in [2.24, 2.45) is 0 Å². The van der Waals surface area contributed by atoms with E-state index in [-0.39, 0.29) is 12.1 Å². The molecule has 2 rings (SSSR count). The quantitative estimate of drug-likeness (QED) is 0.891. The molecule has 0 saturated heterocycles. The zero-order chi connectivity index (χ0) is 15.5. The standard InChI is InChI=1S/C15H21N3O2S/c1-10(8-12-6-5-7-20-12)17-14(19)18-15(3,4)13-16-9-11(2)21-13/h5-7,9-10H,8H2,1-4H3,(H2,17,18,19)/t10-/m0/s1. The van der Waals surface area contributed by atoms with Crippen LogP contribution in [0.15, 0.2) is 29.0 Å². The van der Waals surface area contributed by atoms with E-state index in [1.807, 2.05) is 46.0 Å².